The summed E-state index contributed by atoms with van der Waals surface area (Å²) >= 11 is 0. The minimum absolute atomic E-state index is 0.101. The molecule has 2 fully saturated rings. The van der Waals surface area contributed by atoms with Crippen molar-refractivity contribution in [2.45, 2.75) is 50.2 Å². The summed E-state index contributed by atoms with van der Waals surface area (Å²) in [5, 5.41) is 18.2. The molecule has 2 aromatic heterocycles. The Kier molecular flexibility index (Phi) is 5.80. The van der Waals surface area contributed by atoms with Gasteiger partial charge in [-0.05, 0) is 38.8 Å². The number of benzene rings is 1. The number of aromatic amines is 1. The SMILES string of the molecule is CN1C2CCCC1CC(NC(=O)c1n[nH]c3ccc(-[n+]4ccco4)cc13)C2.O=CO. The fourth-order valence-corrected chi connectivity index (χ4v) is 4.70. The third-order valence-electron chi connectivity index (χ3n) is 6.17. The molecule has 2 unspecified atom stereocenters. The lowest BCUT2D eigenvalue weighted by molar-refractivity contribution is -0.784. The average molecular weight is 412 g/mol. The lowest BCUT2D eigenvalue weighted by atomic mass is 9.82. The topological polar surface area (TPSA) is 115 Å². The predicted octanol–water partition coefficient (Wildman–Crippen LogP) is 1.88. The van der Waals surface area contributed by atoms with Gasteiger partial charge >= 0.3 is 0 Å². The molecule has 5 rings (SSSR count). The molecule has 2 aliphatic heterocycles. The number of carbonyl (C=O) groups is 2. The van der Waals surface area contributed by atoms with E-state index in [1.807, 2.05) is 30.5 Å². The van der Waals surface area contributed by atoms with Crippen molar-refractivity contribution in [2.75, 3.05) is 7.05 Å². The van der Waals surface area contributed by atoms with Crippen molar-refractivity contribution in [3.63, 3.8) is 0 Å². The molecular formula is C21H26N5O4+. The number of H-pyrrole nitrogens is 1. The monoisotopic (exact) mass is 412 g/mol. The predicted molar refractivity (Wildman–Crippen MR) is 108 cm³/mol. The standard InChI is InChI=1S/C20H23N5O2.CH2O2/c1-24-14-4-2-5-15(24)11-13(10-14)21-20(26)19-17-12-16(25-8-3-9-27-25)6-7-18(17)22-23-19;2-1-3/h3,6-9,12-15H,2,4-5,10-11H2,1H3,(H-,21,22,23,26);1H,(H,2,3)/p+1. The normalized spacial score (nSPS) is 23.4. The molecule has 1 amide bonds. The maximum absolute atomic E-state index is 12.9. The zero-order chi connectivity index (χ0) is 21.1. The zero-order valence-electron chi connectivity index (χ0n) is 16.8. The van der Waals surface area contributed by atoms with Gasteiger partial charge < -0.3 is 15.3 Å². The highest BCUT2D eigenvalue weighted by molar-refractivity contribution is 6.05. The van der Waals surface area contributed by atoms with Crippen LogP contribution in [0.2, 0.25) is 0 Å². The first-order valence-electron chi connectivity index (χ1n) is 10.2. The van der Waals surface area contributed by atoms with Crippen LogP contribution in [0, 0.1) is 0 Å². The molecule has 1 aromatic carbocycles. The van der Waals surface area contributed by atoms with E-state index in [1.165, 1.54) is 19.3 Å². The molecule has 0 radical (unpaired) electrons. The Bertz CT molecular complexity index is 1000. The number of nitrogens with one attached hydrogen (secondary N) is 2. The smallest absolute Gasteiger partial charge is 0.290 e. The number of carbonyl (C=O) groups excluding carboxylic acids is 1. The molecule has 0 saturated carbocycles. The third-order valence-corrected chi connectivity index (χ3v) is 6.17. The Morgan fingerprint density at radius 2 is 2.10 bits per heavy atom. The van der Waals surface area contributed by atoms with Gasteiger partial charge in [0.25, 0.3) is 18.1 Å². The highest BCUT2D eigenvalue weighted by Gasteiger charge is 2.36. The van der Waals surface area contributed by atoms with E-state index < -0.39 is 0 Å². The number of piperidine rings is 2. The van der Waals surface area contributed by atoms with Crippen LogP contribution in [-0.2, 0) is 4.79 Å². The van der Waals surface area contributed by atoms with Gasteiger partial charge in [-0.1, -0.05) is 6.42 Å². The largest absolute Gasteiger partial charge is 0.483 e. The van der Waals surface area contributed by atoms with Gasteiger partial charge in [0, 0.05) is 46.5 Å². The minimum Gasteiger partial charge on any atom is -0.483 e. The molecule has 158 valence electrons. The van der Waals surface area contributed by atoms with E-state index in [0.29, 0.717) is 17.8 Å². The second-order valence-electron chi connectivity index (χ2n) is 7.86. The average Bonchev–Trinajstić information content (AvgIpc) is 3.39. The van der Waals surface area contributed by atoms with E-state index in [2.05, 4.69) is 27.5 Å². The van der Waals surface area contributed by atoms with Crippen molar-refractivity contribution >= 4 is 23.3 Å². The van der Waals surface area contributed by atoms with Gasteiger partial charge in [0.1, 0.15) is 0 Å². The molecule has 0 aliphatic carbocycles. The summed E-state index contributed by atoms with van der Waals surface area (Å²) in [6, 6.07) is 9.00. The molecule has 30 heavy (non-hydrogen) atoms. The van der Waals surface area contributed by atoms with Gasteiger partial charge in [-0.3, -0.25) is 14.7 Å². The zero-order valence-corrected chi connectivity index (χ0v) is 16.8. The summed E-state index contributed by atoms with van der Waals surface area (Å²) in [7, 11) is 2.22. The first-order valence-corrected chi connectivity index (χ1v) is 10.2. The van der Waals surface area contributed by atoms with Crippen LogP contribution in [-0.4, -0.2) is 57.8 Å². The Balaban J connectivity index is 0.000000687. The van der Waals surface area contributed by atoms with Crippen LogP contribution >= 0.6 is 0 Å². The minimum atomic E-state index is -0.250. The third kappa shape index (κ3) is 3.93. The molecule has 2 atom stereocenters. The Labute approximate surface area is 173 Å². The number of fused-ring (bicyclic) bond motifs is 3. The van der Waals surface area contributed by atoms with E-state index >= 15 is 0 Å². The van der Waals surface area contributed by atoms with Crippen molar-refractivity contribution < 1.29 is 24.0 Å². The maximum atomic E-state index is 12.9. The number of amides is 1. The number of rotatable bonds is 3. The molecule has 4 heterocycles. The van der Waals surface area contributed by atoms with Crippen LogP contribution in [0.1, 0.15) is 42.6 Å². The molecule has 9 heteroatoms. The highest BCUT2D eigenvalue weighted by Crippen LogP contribution is 2.32. The Hall–Kier alpha value is -3.20. The second-order valence-corrected chi connectivity index (χ2v) is 7.86. The number of carboxylic acid groups (broad SMARTS) is 1. The van der Waals surface area contributed by atoms with Crippen LogP contribution < -0.4 is 10.1 Å². The van der Waals surface area contributed by atoms with Crippen molar-refractivity contribution in [3.8, 4) is 5.69 Å². The van der Waals surface area contributed by atoms with Crippen molar-refractivity contribution in [1.82, 2.24) is 20.4 Å². The van der Waals surface area contributed by atoms with E-state index in [-0.39, 0.29) is 18.4 Å². The number of hydrogen-bond donors (Lipinski definition) is 3. The summed E-state index contributed by atoms with van der Waals surface area (Å²) in [6.45, 7) is -0.250. The van der Waals surface area contributed by atoms with Crippen LogP contribution in [0.4, 0.5) is 0 Å². The van der Waals surface area contributed by atoms with Gasteiger partial charge in [-0.2, -0.15) is 5.10 Å². The number of nitrogens with zero attached hydrogens (tertiary/aromatic N) is 3. The fourth-order valence-electron chi connectivity index (χ4n) is 4.70. The molecule has 0 spiro atoms. The molecule has 2 bridgehead atoms. The van der Waals surface area contributed by atoms with Crippen LogP contribution in [0.5, 0.6) is 0 Å². The summed E-state index contributed by atoms with van der Waals surface area (Å²) in [5.41, 5.74) is 2.15. The fraction of sp³-hybridized carbons (Fsp3) is 0.429. The van der Waals surface area contributed by atoms with Crippen molar-refractivity contribution in [2.24, 2.45) is 0 Å². The number of aromatic nitrogens is 3. The molecule has 9 nitrogen and oxygen atoms in total. The van der Waals surface area contributed by atoms with Gasteiger partial charge in [0.05, 0.1) is 5.52 Å². The lowest BCUT2D eigenvalue weighted by Crippen LogP contribution is -2.55. The number of hydrogen-bond acceptors (Lipinski definition) is 5. The van der Waals surface area contributed by atoms with E-state index in [4.69, 9.17) is 14.4 Å². The maximum Gasteiger partial charge on any atom is 0.290 e. The quantitative estimate of drug-likeness (QED) is 0.447. The van der Waals surface area contributed by atoms with Crippen molar-refractivity contribution in [1.29, 1.82) is 0 Å². The molecule has 3 N–H and O–H groups in total. The van der Waals surface area contributed by atoms with Crippen LogP contribution in [0.3, 0.4) is 0 Å². The lowest BCUT2D eigenvalue weighted by Gasteiger charge is -2.47. The summed E-state index contributed by atoms with van der Waals surface area (Å²) in [6.07, 6.45) is 9.26. The Morgan fingerprint density at radius 3 is 2.77 bits per heavy atom. The van der Waals surface area contributed by atoms with Crippen molar-refractivity contribution in [3.05, 3.63) is 42.4 Å². The molecule has 3 aromatic rings. The molecular weight excluding hydrogens is 386 g/mol. The van der Waals surface area contributed by atoms with Crippen LogP contribution in [0.15, 0.2) is 41.2 Å². The van der Waals surface area contributed by atoms with Crippen LogP contribution in [0.25, 0.3) is 16.6 Å². The highest BCUT2D eigenvalue weighted by atomic mass is 16.5. The summed E-state index contributed by atoms with van der Waals surface area (Å²) < 4.78 is 7.06. The van der Waals surface area contributed by atoms with E-state index in [1.54, 1.807) is 11.0 Å². The molecule has 2 saturated heterocycles. The summed E-state index contributed by atoms with van der Waals surface area (Å²) in [5.74, 6) is -0.101. The first-order chi connectivity index (χ1) is 14.6. The van der Waals surface area contributed by atoms with Gasteiger partial charge in [-0.25, -0.2) is 4.52 Å². The van der Waals surface area contributed by atoms with E-state index in [9.17, 15) is 4.79 Å². The van der Waals surface area contributed by atoms with Gasteiger partial charge in [-0.15, -0.1) is 0 Å². The first kappa shape index (κ1) is 20.1. The van der Waals surface area contributed by atoms with Gasteiger partial charge in [0.2, 0.25) is 6.20 Å². The summed E-state index contributed by atoms with van der Waals surface area (Å²) in [4.78, 5) is 23.8. The second kappa shape index (κ2) is 8.66. The molecule has 2 aliphatic rings. The van der Waals surface area contributed by atoms with E-state index in [0.717, 1.165) is 29.4 Å². The Morgan fingerprint density at radius 1 is 1.37 bits per heavy atom. The van der Waals surface area contributed by atoms with Gasteiger partial charge in [0.15, 0.2) is 12.0 Å².